The molecule has 0 spiro atoms. The smallest absolute Gasteiger partial charge is 0.151 e. The van der Waals surface area contributed by atoms with Crippen molar-refractivity contribution in [3.05, 3.63) is 42.4 Å². The molecule has 2 aromatic rings. The molecule has 0 bridgehead atoms. The van der Waals surface area contributed by atoms with Crippen molar-refractivity contribution >= 4 is 17.2 Å². The van der Waals surface area contributed by atoms with Gasteiger partial charge in [0, 0.05) is 23.8 Å². The lowest BCUT2D eigenvalue weighted by atomic mass is 10.3. The standard InChI is InChI=1S/C11H12N4/c1-8-11(14-6-5-13-8)15-10-4-2-3-9(12)7-10/h2-7H,12H2,1H3,(H,14,15). The highest BCUT2D eigenvalue weighted by atomic mass is 15.0. The summed E-state index contributed by atoms with van der Waals surface area (Å²) in [5, 5.41) is 3.16. The SMILES string of the molecule is Cc1nccnc1Nc1cccc(N)c1. The van der Waals surface area contributed by atoms with Crippen molar-refractivity contribution in [1.82, 2.24) is 9.97 Å². The minimum absolute atomic E-state index is 0.724. The highest BCUT2D eigenvalue weighted by Crippen LogP contribution is 2.17. The normalized spacial score (nSPS) is 9.93. The lowest BCUT2D eigenvalue weighted by Crippen LogP contribution is -1.98. The molecule has 4 nitrogen and oxygen atoms in total. The molecule has 0 aliphatic heterocycles. The Morgan fingerprint density at radius 3 is 2.73 bits per heavy atom. The number of nitrogens with zero attached hydrogens (tertiary/aromatic N) is 2. The number of nitrogens with one attached hydrogen (secondary N) is 1. The van der Waals surface area contributed by atoms with Gasteiger partial charge in [0.15, 0.2) is 5.82 Å². The summed E-state index contributed by atoms with van der Waals surface area (Å²) in [5.74, 6) is 0.753. The molecule has 1 aromatic heterocycles. The van der Waals surface area contributed by atoms with Gasteiger partial charge in [-0.1, -0.05) is 6.07 Å². The lowest BCUT2D eigenvalue weighted by Gasteiger charge is -2.07. The van der Waals surface area contributed by atoms with Crippen molar-refractivity contribution in [3.8, 4) is 0 Å². The van der Waals surface area contributed by atoms with E-state index in [0.29, 0.717) is 0 Å². The predicted molar refractivity (Wildman–Crippen MR) is 60.9 cm³/mol. The van der Waals surface area contributed by atoms with Crippen LogP contribution in [0, 0.1) is 6.92 Å². The molecule has 0 amide bonds. The summed E-state index contributed by atoms with van der Waals surface area (Å²) < 4.78 is 0. The first-order chi connectivity index (χ1) is 7.25. The maximum atomic E-state index is 5.67. The molecule has 0 saturated carbocycles. The van der Waals surface area contributed by atoms with Crippen LogP contribution in [0.3, 0.4) is 0 Å². The van der Waals surface area contributed by atoms with Crippen LogP contribution in [-0.4, -0.2) is 9.97 Å². The Labute approximate surface area is 88.2 Å². The molecule has 1 aromatic carbocycles. The van der Waals surface area contributed by atoms with Crippen LogP contribution in [-0.2, 0) is 0 Å². The van der Waals surface area contributed by atoms with Crippen LogP contribution in [0.1, 0.15) is 5.69 Å². The zero-order valence-corrected chi connectivity index (χ0v) is 8.44. The Balaban J connectivity index is 2.26. The highest BCUT2D eigenvalue weighted by Gasteiger charge is 1.99. The first kappa shape index (κ1) is 9.45. The van der Waals surface area contributed by atoms with Crippen molar-refractivity contribution in [2.75, 3.05) is 11.1 Å². The summed E-state index contributed by atoms with van der Waals surface area (Å²) in [6, 6.07) is 7.52. The van der Waals surface area contributed by atoms with E-state index in [0.717, 1.165) is 22.9 Å². The van der Waals surface area contributed by atoms with Crippen LogP contribution >= 0.6 is 0 Å². The van der Waals surface area contributed by atoms with Crippen molar-refractivity contribution in [3.63, 3.8) is 0 Å². The van der Waals surface area contributed by atoms with E-state index in [1.165, 1.54) is 0 Å². The van der Waals surface area contributed by atoms with Crippen LogP contribution < -0.4 is 11.1 Å². The van der Waals surface area contributed by atoms with Gasteiger partial charge in [0.25, 0.3) is 0 Å². The number of benzene rings is 1. The molecule has 0 atom stereocenters. The first-order valence-corrected chi connectivity index (χ1v) is 4.66. The van der Waals surface area contributed by atoms with Crippen molar-refractivity contribution in [1.29, 1.82) is 0 Å². The van der Waals surface area contributed by atoms with Crippen LogP contribution in [0.5, 0.6) is 0 Å². The number of aryl methyl sites for hydroxylation is 1. The zero-order chi connectivity index (χ0) is 10.7. The molecule has 15 heavy (non-hydrogen) atoms. The van der Waals surface area contributed by atoms with Gasteiger partial charge < -0.3 is 11.1 Å². The van der Waals surface area contributed by atoms with Crippen LogP contribution in [0.15, 0.2) is 36.7 Å². The molecule has 0 unspecified atom stereocenters. The van der Waals surface area contributed by atoms with Crippen LogP contribution in [0.2, 0.25) is 0 Å². The van der Waals surface area contributed by atoms with Crippen LogP contribution in [0.25, 0.3) is 0 Å². The number of aromatic nitrogens is 2. The van der Waals surface area contributed by atoms with Gasteiger partial charge >= 0.3 is 0 Å². The first-order valence-electron chi connectivity index (χ1n) is 4.66. The monoisotopic (exact) mass is 200 g/mol. The Morgan fingerprint density at radius 2 is 2.00 bits per heavy atom. The average molecular weight is 200 g/mol. The third-order valence-electron chi connectivity index (χ3n) is 2.03. The number of nitrogens with two attached hydrogens (primary N) is 1. The van der Waals surface area contributed by atoms with Crippen molar-refractivity contribution in [2.45, 2.75) is 6.92 Å². The van der Waals surface area contributed by atoms with Gasteiger partial charge in [0.1, 0.15) is 0 Å². The maximum absolute atomic E-state index is 5.67. The Hall–Kier alpha value is -2.10. The minimum Gasteiger partial charge on any atom is -0.399 e. The van der Waals surface area contributed by atoms with Gasteiger partial charge in [-0.25, -0.2) is 4.98 Å². The fourth-order valence-electron chi connectivity index (χ4n) is 1.28. The predicted octanol–water partition coefficient (Wildman–Crippen LogP) is 2.11. The van der Waals surface area contributed by atoms with Gasteiger partial charge in [-0.2, -0.15) is 0 Å². The summed E-state index contributed by atoms with van der Waals surface area (Å²) in [4.78, 5) is 8.33. The van der Waals surface area contributed by atoms with E-state index in [9.17, 15) is 0 Å². The zero-order valence-electron chi connectivity index (χ0n) is 8.44. The van der Waals surface area contributed by atoms with Gasteiger partial charge in [0.2, 0.25) is 0 Å². The second-order valence-corrected chi connectivity index (χ2v) is 3.24. The topological polar surface area (TPSA) is 63.8 Å². The number of hydrogen-bond acceptors (Lipinski definition) is 4. The molecule has 2 rings (SSSR count). The van der Waals surface area contributed by atoms with Gasteiger partial charge in [-0.3, -0.25) is 4.98 Å². The Kier molecular flexibility index (Phi) is 2.49. The van der Waals surface area contributed by atoms with E-state index < -0.39 is 0 Å². The quantitative estimate of drug-likeness (QED) is 0.729. The lowest BCUT2D eigenvalue weighted by molar-refractivity contribution is 1.12. The number of nitrogen functional groups attached to an aromatic ring is 1. The van der Waals surface area contributed by atoms with Crippen LogP contribution in [0.4, 0.5) is 17.2 Å². The van der Waals surface area contributed by atoms with Gasteiger partial charge in [-0.05, 0) is 25.1 Å². The molecule has 4 heteroatoms. The third kappa shape index (κ3) is 2.22. The molecule has 0 aliphatic rings. The molecule has 3 N–H and O–H groups in total. The summed E-state index contributed by atoms with van der Waals surface area (Å²) in [6.45, 7) is 1.90. The summed E-state index contributed by atoms with van der Waals surface area (Å²) >= 11 is 0. The molecule has 1 heterocycles. The molecular formula is C11H12N4. The Bertz CT molecular complexity index is 468. The number of hydrogen-bond donors (Lipinski definition) is 2. The van der Waals surface area contributed by atoms with E-state index in [4.69, 9.17) is 5.73 Å². The van der Waals surface area contributed by atoms with E-state index in [2.05, 4.69) is 15.3 Å². The molecule has 0 radical (unpaired) electrons. The summed E-state index contributed by atoms with van der Waals surface area (Å²) in [6.07, 6.45) is 3.32. The fraction of sp³-hybridized carbons (Fsp3) is 0.0909. The van der Waals surface area contributed by atoms with E-state index in [1.54, 1.807) is 12.4 Å². The molecular weight excluding hydrogens is 188 g/mol. The second kappa shape index (κ2) is 3.96. The summed E-state index contributed by atoms with van der Waals surface area (Å²) in [7, 11) is 0. The van der Waals surface area contributed by atoms with Gasteiger partial charge in [-0.15, -0.1) is 0 Å². The average Bonchev–Trinajstić information content (AvgIpc) is 2.22. The summed E-state index contributed by atoms with van der Waals surface area (Å²) in [5.41, 5.74) is 8.17. The van der Waals surface area contributed by atoms with Crippen molar-refractivity contribution in [2.24, 2.45) is 0 Å². The molecule has 0 aliphatic carbocycles. The second-order valence-electron chi connectivity index (χ2n) is 3.24. The van der Waals surface area contributed by atoms with E-state index in [-0.39, 0.29) is 0 Å². The van der Waals surface area contributed by atoms with E-state index >= 15 is 0 Å². The minimum atomic E-state index is 0.724. The molecule has 76 valence electrons. The largest absolute Gasteiger partial charge is 0.399 e. The maximum Gasteiger partial charge on any atom is 0.151 e. The molecule has 0 saturated heterocycles. The Morgan fingerprint density at radius 1 is 1.20 bits per heavy atom. The number of anilines is 3. The van der Waals surface area contributed by atoms with Crippen molar-refractivity contribution < 1.29 is 0 Å². The van der Waals surface area contributed by atoms with E-state index in [1.807, 2.05) is 31.2 Å². The fourth-order valence-corrected chi connectivity index (χ4v) is 1.28. The van der Waals surface area contributed by atoms with Gasteiger partial charge in [0.05, 0.1) is 5.69 Å². The number of rotatable bonds is 2. The molecule has 0 fully saturated rings. The third-order valence-corrected chi connectivity index (χ3v) is 2.03. The highest BCUT2D eigenvalue weighted by molar-refractivity contribution is 5.62.